The molecule has 1 saturated carbocycles. The van der Waals surface area contributed by atoms with Gasteiger partial charge in [-0.3, -0.25) is 4.79 Å². The third kappa shape index (κ3) is 2.99. The number of halogens is 3. The van der Waals surface area contributed by atoms with Gasteiger partial charge in [0.2, 0.25) is 0 Å². The lowest BCUT2D eigenvalue weighted by atomic mass is 9.77. The van der Waals surface area contributed by atoms with Crippen LogP contribution in [0.2, 0.25) is 0 Å². The summed E-state index contributed by atoms with van der Waals surface area (Å²) < 4.78 is 40.0. The van der Waals surface area contributed by atoms with Crippen LogP contribution in [0.3, 0.4) is 0 Å². The fourth-order valence-corrected chi connectivity index (χ4v) is 2.88. The predicted molar refractivity (Wildman–Crippen MR) is 66.4 cm³/mol. The van der Waals surface area contributed by atoms with Crippen LogP contribution in [0.4, 0.5) is 13.2 Å². The van der Waals surface area contributed by atoms with E-state index in [9.17, 15) is 18.0 Å². The largest absolute Gasteiger partial charge is 0.294 e. The molecule has 0 aromatic heterocycles. The van der Waals surface area contributed by atoms with Gasteiger partial charge in [-0.05, 0) is 18.8 Å². The second-order valence-corrected chi connectivity index (χ2v) is 5.25. The van der Waals surface area contributed by atoms with E-state index in [2.05, 4.69) is 6.92 Å². The molecule has 0 spiro atoms. The third-order valence-electron chi connectivity index (χ3n) is 3.98. The smallest absolute Gasteiger partial charge is 0.171 e. The summed E-state index contributed by atoms with van der Waals surface area (Å²) in [5.41, 5.74) is -0.580. The molecule has 19 heavy (non-hydrogen) atoms. The van der Waals surface area contributed by atoms with Crippen LogP contribution in [0.25, 0.3) is 0 Å². The quantitative estimate of drug-likeness (QED) is 0.739. The van der Waals surface area contributed by atoms with Crippen molar-refractivity contribution in [1.29, 1.82) is 0 Å². The lowest BCUT2D eigenvalue weighted by Crippen LogP contribution is -2.24. The fraction of sp³-hybridized carbons (Fsp3) is 0.533. The van der Waals surface area contributed by atoms with Crippen LogP contribution in [0.1, 0.15) is 49.4 Å². The van der Waals surface area contributed by atoms with E-state index in [0.29, 0.717) is 30.9 Å². The summed E-state index contributed by atoms with van der Waals surface area (Å²) in [6.45, 7) is 2.05. The Morgan fingerprint density at radius 1 is 1.21 bits per heavy atom. The van der Waals surface area contributed by atoms with Crippen LogP contribution in [0.15, 0.2) is 12.1 Å². The normalized spacial score (nSPS) is 23.4. The Morgan fingerprint density at radius 2 is 1.84 bits per heavy atom. The molecule has 1 aliphatic carbocycles. The first kappa shape index (κ1) is 14.1. The summed E-state index contributed by atoms with van der Waals surface area (Å²) in [5.74, 6) is -3.61. The zero-order chi connectivity index (χ0) is 14.0. The van der Waals surface area contributed by atoms with Crippen molar-refractivity contribution in [1.82, 2.24) is 0 Å². The Morgan fingerprint density at radius 3 is 2.42 bits per heavy atom. The number of Topliss-reactive ketones (excluding diaryl/α,β-unsaturated/α-hetero) is 1. The minimum absolute atomic E-state index is 0.340. The highest BCUT2D eigenvalue weighted by molar-refractivity contribution is 5.98. The number of hydrogen-bond acceptors (Lipinski definition) is 1. The molecule has 0 N–H and O–H groups in total. The molecule has 0 saturated heterocycles. The minimum Gasteiger partial charge on any atom is -0.294 e. The van der Waals surface area contributed by atoms with E-state index in [-0.39, 0.29) is 5.92 Å². The maximum absolute atomic E-state index is 13.6. The highest BCUT2D eigenvalue weighted by Gasteiger charge is 2.30. The van der Waals surface area contributed by atoms with Crippen LogP contribution >= 0.6 is 0 Å². The van der Waals surface area contributed by atoms with E-state index < -0.39 is 28.8 Å². The van der Waals surface area contributed by atoms with Gasteiger partial charge in [0.05, 0.1) is 5.56 Å². The monoisotopic (exact) mass is 270 g/mol. The van der Waals surface area contributed by atoms with Crippen molar-refractivity contribution in [2.75, 3.05) is 0 Å². The van der Waals surface area contributed by atoms with Crippen LogP contribution in [-0.4, -0.2) is 5.78 Å². The van der Waals surface area contributed by atoms with Crippen molar-refractivity contribution in [3.63, 3.8) is 0 Å². The topological polar surface area (TPSA) is 17.1 Å². The molecule has 1 nitrogen and oxygen atoms in total. The Bertz CT molecular complexity index is 461. The van der Waals surface area contributed by atoms with Crippen molar-refractivity contribution in [2.45, 2.75) is 39.0 Å². The van der Waals surface area contributed by atoms with Crippen LogP contribution in [-0.2, 0) is 0 Å². The number of ketones is 1. The van der Waals surface area contributed by atoms with Gasteiger partial charge in [0, 0.05) is 18.1 Å². The number of rotatable bonds is 3. The molecule has 0 bridgehead atoms. The van der Waals surface area contributed by atoms with Crippen molar-refractivity contribution < 1.29 is 18.0 Å². The average molecular weight is 270 g/mol. The number of benzene rings is 1. The summed E-state index contributed by atoms with van der Waals surface area (Å²) in [6, 6.07) is 1.13. The predicted octanol–water partition coefficient (Wildman–Crippen LogP) is 4.50. The van der Waals surface area contributed by atoms with E-state index in [0.717, 1.165) is 19.3 Å². The van der Waals surface area contributed by atoms with Gasteiger partial charge in [-0.25, -0.2) is 13.2 Å². The molecule has 0 amide bonds. The molecule has 2 unspecified atom stereocenters. The van der Waals surface area contributed by atoms with Crippen molar-refractivity contribution in [2.24, 2.45) is 11.8 Å². The minimum atomic E-state index is -1.10. The maximum Gasteiger partial charge on any atom is 0.171 e. The molecule has 1 aliphatic rings. The van der Waals surface area contributed by atoms with E-state index in [1.165, 1.54) is 0 Å². The number of hydrogen-bond donors (Lipinski definition) is 0. The molecule has 1 fully saturated rings. The Kier molecular flexibility index (Phi) is 4.27. The average Bonchev–Trinajstić information content (AvgIpc) is 2.37. The van der Waals surface area contributed by atoms with Gasteiger partial charge >= 0.3 is 0 Å². The molecule has 1 aromatic rings. The molecule has 1 aromatic carbocycles. The first-order valence-corrected chi connectivity index (χ1v) is 6.71. The van der Waals surface area contributed by atoms with Crippen LogP contribution in [0.5, 0.6) is 0 Å². The van der Waals surface area contributed by atoms with Gasteiger partial charge in [0.15, 0.2) is 5.78 Å². The van der Waals surface area contributed by atoms with E-state index in [1.807, 2.05) is 0 Å². The Balaban J connectivity index is 2.24. The molecule has 0 radical (unpaired) electrons. The number of carbonyl (C=O) groups excluding carboxylic acids is 1. The summed E-state index contributed by atoms with van der Waals surface area (Å²) in [7, 11) is 0. The molecule has 0 aliphatic heterocycles. The SMILES string of the molecule is CCC1CCCC(C(=O)c2c(F)cc(F)cc2F)C1. The summed E-state index contributed by atoms with van der Waals surface area (Å²) in [5, 5.41) is 0. The van der Waals surface area contributed by atoms with Crippen LogP contribution < -0.4 is 0 Å². The van der Waals surface area contributed by atoms with E-state index in [1.54, 1.807) is 0 Å². The second-order valence-electron chi connectivity index (χ2n) is 5.25. The van der Waals surface area contributed by atoms with E-state index in [4.69, 9.17) is 0 Å². The van der Waals surface area contributed by atoms with Gasteiger partial charge in [-0.15, -0.1) is 0 Å². The Labute approximate surface area is 110 Å². The molecular weight excluding hydrogens is 253 g/mol. The highest BCUT2D eigenvalue weighted by atomic mass is 19.1. The molecule has 4 heteroatoms. The van der Waals surface area contributed by atoms with Gasteiger partial charge in [-0.2, -0.15) is 0 Å². The molecule has 0 heterocycles. The van der Waals surface area contributed by atoms with Gasteiger partial charge < -0.3 is 0 Å². The fourth-order valence-electron chi connectivity index (χ4n) is 2.88. The molecule has 2 atom stereocenters. The summed E-state index contributed by atoms with van der Waals surface area (Å²) in [4.78, 5) is 12.2. The summed E-state index contributed by atoms with van der Waals surface area (Å²) in [6.07, 6.45) is 4.27. The Hall–Kier alpha value is -1.32. The standard InChI is InChI=1S/C15H17F3O/c1-2-9-4-3-5-10(6-9)15(19)14-12(17)7-11(16)8-13(14)18/h7-10H,2-6H2,1H3. The number of carbonyl (C=O) groups is 1. The first-order chi connectivity index (χ1) is 9.02. The van der Waals surface area contributed by atoms with Crippen molar-refractivity contribution in [3.8, 4) is 0 Å². The molecule has 104 valence electrons. The van der Waals surface area contributed by atoms with E-state index >= 15 is 0 Å². The zero-order valence-corrected chi connectivity index (χ0v) is 10.9. The third-order valence-corrected chi connectivity index (χ3v) is 3.98. The molecule has 2 rings (SSSR count). The highest BCUT2D eigenvalue weighted by Crippen LogP contribution is 2.34. The van der Waals surface area contributed by atoms with Crippen molar-refractivity contribution >= 4 is 5.78 Å². The van der Waals surface area contributed by atoms with Crippen LogP contribution in [0, 0.1) is 29.3 Å². The van der Waals surface area contributed by atoms with Crippen molar-refractivity contribution in [3.05, 3.63) is 35.1 Å². The first-order valence-electron chi connectivity index (χ1n) is 6.71. The lowest BCUT2D eigenvalue weighted by molar-refractivity contribution is 0.0853. The second kappa shape index (κ2) is 5.76. The molecular formula is C15H17F3O. The van der Waals surface area contributed by atoms with Gasteiger partial charge in [-0.1, -0.05) is 26.2 Å². The summed E-state index contributed by atoms with van der Waals surface area (Å²) >= 11 is 0. The van der Waals surface area contributed by atoms with Gasteiger partial charge in [0.1, 0.15) is 17.5 Å². The maximum atomic E-state index is 13.6. The zero-order valence-electron chi connectivity index (χ0n) is 10.9. The van der Waals surface area contributed by atoms with Gasteiger partial charge in [0.25, 0.3) is 0 Å². The lowest BCUT2D eigenvalue weighted by Gasteiger charge is -2.27.